The first kappa shape index (κ1) is 16.6. The number of thiazole rings is 1. The van der Waals surface area contributed by atoms with Gasteiger partial charge in [0.2, 0.25) is 5.91 Å². The number of fused-ring (bicyclic) bond motifs is 1. The summed E-state index contributed by atoms with van der Waals surface area (Å²) >= 11 is 1.64. The maximum Gasteiger partial charge on any atom is 0.247 e. The van der Waals surface area contributed by atoms with Crippen molar-refractivity contribution in [1.82, 2.24) is 15.0 Å². The molecule has 0 radical (unpaired) electrons. The van der Waals surface area contributed by atoms with Crippen LogP contribution in [-0.4, -0.2) is 26.9 Å². The molecule has 1 aliphatic rings. The first-order valence-corrected chi connectivity index (χ1v) is 8.85. The van der Waals surface area contributed by atoms with Crippen molar-refractivity contribution in [2.24, 2.45) is 5.92 Å². The molecule has 1 aliphatic heterocycles. The van der Waals surface area contributed by atoms with E-state index in [-0.39, 0.29) is 11.9 Å². The van der Waals surface area contributed by atoms with Crippen LogP contribution < -0.4 is 16.0 Å². The topological polar surface area (TPSA) is 91.8 Å². The molecular weight excluding hydrogens is 324 g/mol. The van der Waals surface area contributed by atoms with E-state index < -0.39 is 0 Å². The van der Waals surface area contributed by atoms with Crippen LogP contribution in [0, 0.1) is 19.8 Å². The van der Waals surface area contributed by atoms with Gasteiger partial charge in [-0.3, -0.25) is 4.79 Å². The van der Waals surface area contributed by atoms with Gasteiger partial charge in [-0.1, -0.05) is 13.8 Å². The van der Waals surface area contributed by atoms with E-state index >= 15 is 0 Å². The normalized spacial score (nSPS) is 16.5. The van der Waals surface area contributed by atoms with E-state index in [0.29, 0.717) is 35.6 Å². The van der Waals surface area contributed by atoms with E-state index in [2.05, 4.69) is 44.7 Å². The minimum atomic E-state index is -0.260. The molecule has 0 aliphatic carbocycles. The summed E-state index contributed by atoms with van der Waals surface area (Å²) in [6.07, 6.45) is 2.61. The molecule has 0 aromatic carbocycles. The number of carbonyl (C=O) groups is 1. The Hall–Kier alpha value is -2.22. The second-order valence-corrected chi connectivity index (χ2v) is 7.68. The Morgan fingerprint density at radius 3 is 2.79 bits per heavy atom. The number of amides is 1. The van der Waals surface area contributed by atoms with E-state index in [0.717, 1.165) is 16.3 Å². The van der Waals surface area contributed by atoms with Crippen molar-refractivity contribution in [1.29, 1.82) is 0 Å². The molecule has 3 N–H and O–H groups in total. The Bertz CT molecular complexity index is 757. The van der Waals surface area contributed by atoms with Crippen LogP contribution in [0.5, 0.6) is 0 Å². The number of aromatic nitrogens is 3. The lowest BCUT2D eigenvalue weighted by Gasteiger charge is -2.28. The van der Waals surface area contributed by atoms with E-state index in [1.54, 1.807) is 11.3 Å². The Morgan fingerprint density at radius 2 is 2.12 bits per heavy atom. The smallest absolute Gasteiger partial charge is 0.247 e. The van der Waals surface area contributed by atoms with Gasteiger partial charge >= 0.3 is 0 Å². The van der Waals surface area contributed by atoms with Crippen molar-refractivity contribution in [3.8, 4) is 0 Å². The fraction of sp³-hybridized carbons (Fsp3) is 0.500. The summed E-state index contributed by atoms with van der Waals surface area (Å²) in [5.74, 6) is 2.34. The monoisotopic (exact) mass is 346 g/mol. The minimum Gasteiger partial charge on any atom is -0.363 e. The molecule has 3 heterocycles. The Labute approximate surface area is 145 Å². The standard InChI is InChI=1S/C16H22N6OS/c1-8(2)5-12-16(23)22-13-14(19-9(3)20-15(13)21-12)18-7-11-6-17-10(4)24-11/h6,8,12H,5,7H2,1-4H3,(H,22,23)(H2,18,19,20,21). The highest BCUT2D eigenvalue weighted by molar-refractivity contribution is 7.11. The molecule has 0 saturated carbocycles. The van der Waals surface area contributed by atoms with Gasteiger partial charge in [0, 0.05) is 11.1 Å². The molecule has 24 heavy (non-hydrogen) atoms. The summed E-state index contributed by atoms with van der Waals surface area (Å²) < 4.78 is 0. The highest BCUT2D eigenvalue weighted by Gasteiger charge is 2.29. The molecule has 2 aromatic rings. The van der Waals surface area contributed by atoms with Gasteiger partial charge in [0.25, 0.3) is 0 Å². The van der Waals surface area contributed by atoms with Crippen LogP contribution in [0.2, 0.25) is 0 Å². The van der Waals surface area contributed by atoms with Crippen LogP contribution in [0.25, 0.3) is 0 Å². The molecular formula is C16H22N6OS. The van der Waals surface area contributed by atoms with Crippen LogP contribution in [0.1, 0.15) is 36.0 Å². The third kappa shape index (κ3) is 3.64. The van der Waals surface area contributed by atoms with Gasteiger partial charge in [0.1, 0.15) is 17.6 Å². The van der Waals surface area contributed by atoms with Gasteiger partial charge in [-0.25, -0.2) is 15.0 Å². The zero-order chi connectivity index (χ0) is 17.3. The predicted octanol–water partition coefficient (Wildman–Crippen LogP) is 2.94. The van der Waals surface area contributed by atoms with E-state index in [4.69, 9.17) is 0 Å². The number of rotatable bonds is 5. The van der Waals surface area contributed by atoms with Gasteiger partial charge in [0.15, 0.2) is 11.6 Å². The fourth-order valence-electron chi connectivity index (χ4n) is 2.66. The van der Waals surface area contributed by atoms with E-state index in [1.165, 1.54) is 0 Å². The molecule has 2 aromatic heterocycles. The first-order chi connectivity index (χ1) is 11.4. The largest absolute Gasteiger partial charge is 0.363 e. The first-order valence-electron chi connectivity index (χ1n) is 8.03. The number of hydrogen-bond donors (Lipinski definition) is 3. The summed E-state index contributed by atoms with van der Waals surface area (Å²) in [7, 11) is 0. The maximum atomic E-state index is 12.3. The lowest BCUT2D eigenvalue weighted by molar-refractivity contribution is -0.117. The lowest BCUT2D eigenvalue weighted by atomic mass is 10.0. The number of carbonyl (C=O) groups excluding carboxylic acids is 1. The number of anilines is 3. The number of aryl methyl sites for hydroxylation is 2. The summed E-state index contributed by atoms with van der Waals surface area (Å²) in [6, 6.07) is -0.260. The highest BCUT2D eigenvalue weighted by Crippen LogP contribution is 2.33. The van der Waals surface area contributed by atoms with Crippen molar-refractivity contribution in [3.05, 3.63) is 21.9 Å². The second-order valence-electron chi connectivity index (χ2n) is 6.36. The maximum absolute atomic E-state index is 12.3. The van der Waals surface area contributed by atoms with Crippen LogP contribution in [0.3, 0.4) is 0 Å². The highest BCUT2D eigenvalue weighted by atomic mass is 32.1. The molecule has 0 saturated heterocycles. The van der Waals surface area contributed by atoms with Crippen molar-refractivity contribution in [2.45, 2.75) is 46.7 Å². The molecule has 7 nitrogen and oxygen atoms in total. The Balaban J connectivity index is 1.82. The minimum absolute atomic E-state index is 0.0414. The molecule has 0 fully saturated rings. The van der Waals surface area contributed by atoms with Crippen molar-refractivity contribution in [3.63, 3.8) is 0 Å². The quantitative estimate of drug-likeness (QED) is 0.771. The van der Waals surface area contributed by atoms with Crippen molar-refractivity contribution in [2.75, 3.05) is 16.0 Å². The predicted molar refractivity (Wildman–Crippen MR) is 96.4 cm³/mol. The Kier molecular flexibility index (Phi) is 4.66. The number of hydrogen-bond acceptors (Lipinski definition) is 7. The third-order valence-electron chi connectivity index (χ3n) is 3.70. The van der Waals surface area contributed by atoms with Gasteiger partial charge in [-0.15, -0.1) is 11.3 Å². The van der Waals surface area contributed by atoms with Gasteiger partial charge in [-0.05, 0) is 26.2 Å². The number of nitrogens with zero attached hydrogens (tertiary/aromatic N) is 3. The summed E-state index contributed by atoms with van der Waals surface area (Å²) in [5.41, 5.74) is 0.617. The third-order valence-corrected chi connectivity index (χ3v) is 4.62. The molecule has 128 valence electrons. The zero-order valence-corrected chi connectivity index (χ0v) is 15.1. The van der Waals surface area contributed by atoms with Crippen LogP contribution in [-0.2, 0) is 11.3 Å². The molecule has 1 atom stereocenters. The fourth-order valence-corrected chi connectivity index (χ4v) is 3.39. The average Bonchev–Trinajstić information content (AvgIpc) is 2.91. The summed E-state index contributed by atoms with van der Waals surface area (Å²) in [5, 5.41) is 10.5. The lowest BCUT2D eigenvalue weighted by Crippen LogP contribution is -2.40. The van der Waals surface area contributed by atoms with Gasteiger partial charge in [-0.2, -0.15) is 0 Å². The number of nitrogens with one attached hydrogen (secondary N) is 3. The zero-order valence-electron chi connectivity index (χ0n) is 14.3. The molecule has 3 rings (SSSR count). The van der Waals surface area contributed by atoms with Crippen LogP contribution in [0.4, 0.5) is 17.3 Å². The summed E-state index contributed by atoms with van der Waals surface area (Å²) in [6.45, 7) is 8.63. The molecule has 1 amide bonds. The Morgan fingerprint density at radius 1 is 1.33 bits per heavy atom. The second kappa shape index (κ2) is 6.72. The van der Waals surface area contributed by atoms with Gasteiger partial charge in [0.05, 0.1) is 11.6 Å². The summed E-state index contributed by atoms with van der Waals surface area (Å²) in [4.78, 5) is 26.6. The SMILES string of the molecule is Cc1nc(NCc2cnc(C)s2)c2c(n1)NC(CC(C)C)C(=O)N2. The average molecular weight is 346 g/mol. The van der Waals surface area contributed by atoms with Crippen LogP contribution >= 0.6 is 11.3 Å². The molecule has 1 unspecified atom stereocenters. The molecule has 0 spiro atoms. The van der Waals surface area contributed by atoms with E-state index in [1.807, 2.05) is 20.0 Å². The van der Waals surface area contributed by atoms with Crippen molar-refractivity contribution < 1.29 is 4.79 Å². The van der Waals surface area contributed by atoms with Crippen LogP contribution in [0.15, 0.2) is 6.20 Å². The van der Waals surface area contributed by atoms with Gasteiger partial charge < -0.3 is 16.0 Å². The van der Waals surface area contributed by atoms with E-state index in [9.17, 15) is 4.79 Å². The molecule has 0 bridgehead atoms. The molecule has 8 heteroatoms. The van der Waals surface area contributed by atoms with Crippen molar-refractivity contribution >= 4 is 34.6 Å².